The number of pyridine rings is 1. The van der Waals surface area contributed by atoms with Crippen molar-refractivity contribution >= 4 is 34.2 Å². The fourth-order valence-corrected chi connectivity index (χ4v) is 2.52. The second-order valence-corrected chi connectivity index (χ2v) is 5.88. The molecule has 0 unspecified atom stereocenters. The van der Waals surface area contributed by atoms with Crippen LogP contribution in [0.5, 0.6) is 11.5 Å². The molecule has 0 aliphatic heterocycles. The molecular weight excluding hydrogens is 425 g/mol. The van der Waals surface area contributed by atoms with Crippen LogP contribution in [-0.4, -0.2) is 25.3 Å². The number of aliphatic carboxylic acids is 1. The normalized spacial score (nSPS) is 9.92. The number of halogens is 1. The zero-order valence-corrected chi connectivity index (χ0v) is 15.2. The summed E-state index contributed by atoms with van der Waals surface area (Å²) in [6, 6.07) is 8.87. The van der Waals surface area contributed by atoms with E-state index in [1.807, 2.05) is 0 Å². The van der Waals surface area contributed by atoms with Crippen molar-refractivity contribution in [2.75, 3.05) is 19.6 Å². The molecule has 2 N–H and O–H groups in total. The van der Waals surface area contributed by atoms with Gasteiger partial charge in [-0.15, -0.1) is 0 Å². The summed E-state index contributed by atoms with van der Waals surface area (Å²) in [4.78, 5) is 10.9. The van der Waals surface area contributed by atoms with E-state index in [1.165, 1.54) is 14.2 Å². The molecule has 2 aromatic rings. The van der Waals surface area contributed by atoms with Crippen molar-refractivity contribution < 1.29 is 24.1 Å². The van der Waals surface area contributed by atoms with Crippen LogP contribution in [0.3, 0.4) is 0 Å². The maximum Gasteiger partial charge on any atom is 0.308 e. The quantitative estimate of drug-likeness (QED) is 0.405. The lowest BCUT2D eigenvalue weighted by atomic mass is 10.1. The van der Waals surface area contributed by atoms with E-state index in [0.29, 0.717) is 28.3 Å². The number of hydrogen-bond acceptors (Lipinski definition) is 5. The summed E-state index contributed by atoms with van der Waals surface area (Å²) < 4.78 is 12.9. The summed E-state index contributed by atoms with van der Waals surface area (Å²) >= 11 is 2.11. The van der Waals surface area contributed by atoms with Gasteiger partial charge in [-0.05, 0) is 6.07 Å². The van der Waals surface area contributed by atoms with Gasteiger partial charge in [0.25, 0.3) is 3.70 Å². The number of carboxylic acids is 1. The van der Waals surface area contributed by atoms with Gasteiger partial charge in [-0.25, -0.2) is 0 Å². The number of hydrogen-bond donors (Lipinski definition) is 2. The van der Waals surface area contributed by atoms with E-state index in [4.69, 9.17) is 14.6 Å². The maximum atomic E-state index is 10.9. The van der Waals surface area contributed by atoms with Crippen LogP contribution in [0.1, 0.15) is 11.1 Å². The van der Waals surface area contributed by atoms with Gasteiger partial charge in [-0.1, -0.05) is 4.68 Å². The van der Waals surface area contributed by atoms with Gasteiger partial charge in [0.1, 0.15) is 11.8 Å². The van der Waals surface area contributed by atoms with Crippen LogP contribution < -0.4 is 19.6 Å². The van der Waals surface area contributed by atoms with Gasteiger partial charge in [-0.2, -0.15) is 10.7 Å². The van der Waals surface area contributed by atoms with Crippen LogP contribution in [0, 0.1) is 15.0 Å². The summed E-state index contributed by atoms with van der Waals surface area (Å²) in [7, 11) is 3.01. The molecule has 1 heterocycles. The SMILES string of the molecule is COc1cc(C#N)c(N[n+]2cc(CC(=O)O)ccc2I)cc1OC. The van der Waals surface area contributed by atoms with E-state index >= 15 is 0 Å². The largest absolute Gasteiger partial charge is 0.493 e. The lowest BCUT2D eigenvalue weighted by Gasteiger charge is -2.11. The van der Waals surface area contributed by atoms with Crippen LogP contribution in [0.2, 0.25) is 0 Å². The number of carboxylic acid groups (broad SMARTS) is 1. The van der Waals surface area contributed by atoms with Crippen molar-refractivity contribution in [2.45, 2.75) is 6.42 Å². The van der Waals surface area contributed by atoms with Crippen molar-refractivity contribution in [1.29, 1.82) is 5.26 Å². The lowest BCUT2D eigenvalue weighted by Crippen LogP contribution is -2.46. The van der Waals surface area contributed by atoms with E-state index < -0.39 is 5.97 Å². The average Bonchev–Trinajstić information content (AvgIpc) is 2.56. The minimum atomic E-state index is -0.911. The number of ether oxygens (including phenoxy) is 2. The molecule has 0 radical (unpaired) electrons. The Hall–Kier alpha value is -2.54. The standard InChI is InChI=1S/C16H14IN3O4/c1-23-13-6-11(8-18)12(7-14(13)24-2)19-20-9-10(5-16(21)22)3-4-15(20)17/h3-4,6-7,9,19H,5H2,1-2H3/p+1. The molecule has 0 amide bonds. The first-order valence-corrected chi connectivity index (χ1v) is 7.91. The zero-order chi connectivity index (χ0) is 17.7. The average molecular weight is 440 g/mol. The monoisotopic (exact) mass is 440 g/mol. The van der Waals surface area contributed by atoms with E-state index in [0.717, 1.165) is 3.70 Å². The Morgan fingerprint density at radius 1 is 1.33 bits per heavy atom. The molecule has 2 rings (SSSR count). The predicted octanol–water partition coefficient (Wildman–Crippen LogP) is 1.97. The third-order valence-electron chi connectivity index (χ3n) is 3.20. The van der Waals surface area contributed by atoms with Crippen LogP contribution in [0.25, 0.3) is 0 Å². The fourth-order valence-electron chi connectivity index (χ4n) is 2.09. The topological polar surface area (TPSA) is 95.5 Å². The Kier molecular flexibility index (Phi) is 5.81. The number of methoxy groups -OCH3 is 2. The van der Waals surface area contributed by atoms with Crippen molar-refractivity contribution in [3.63, 3.8) is 0 Å². The van der Waals surface area contributed by atoms with E-state index in [2.05, 4.69) is 34.1 Å². The number of aromatic nitrogens is 1. The van der Waals surface area contributed by atoms with Crippen molar-refractivity contribution in [3.8, 4) is 17.6 Å². The number of nitrogens with zero attached hydrogens (tertiary/aromatic N) is 2. The third kappa shape index (κ3) is 4.05. The molecule has 8 heteroatoms. The van der Waals surface area contributed by atoms with Crippen molar-refractivity contribution in [2.24, 2.45) is 0 Å². The van der Waals surface area contributed by atoms with Crippen LogP contribution in [0.4, 0.5) is 5.69 Å². The Bertz CT molecular complexity index is 818. The molecule has 0 spiro atoms. The molecule has 0 saturated carbocycles. The van der Waals surface area contributed by atoms with E-state index in [-0.39, 0.29) is 6.42 Å². The fraction of sp³-hybridized carbons (Fsp3) is 0.188. The molecule has 0 bridgehead atoms. The Morgan fingerprint density at radius 2 is 2.00 bits per heavy atom. The Labute approximate surface area is 152 Å². The zero-order valence-electron chi connectivity index (χ0n) is 13.0. The van der Waals surface area contributed by atoms with Gasteiger partial charge in [0.05, 0.1) is 26.2 Å². The van der Waals surface area contributed by atoms with Crippen LogP contribution >= 0.6 is 22.6 Å². The highest BCUT2D eigenvalue weighted by molar-refractivity contribution is 14.1. The van der Waals surface area contributed by atoms with Crippen molar-refractivity contribution in [1.82, 2.24) is 0 Å². The molecule has 0 fully saturated rings. The van der Waals surface area contributed by atoms with Gasteiger partial charge in [0.2, 0.25) is 6.20 Å². The number of nitrogens with one attached hydrogen (secondary N) is 1. The summed E-state index contributed by atoms with van der Waals surface area (Å²) in [6.07, 6.45) is 1.59. The summed E-state index contributed by atoms with van der Waals surface area (Å²) in [6.45, 7) is 0. The van der Waals surface area contributed by atoms with Crippen molar-refractivity contribution in [3.05, 3.63) is 45.3 Å². The molecule has 0 aliphatic carbocycles. The summed E-state index contributed by atoms with van der Waals surface area (Å²) in [5.74, 6) is 0.0295. The minimum Gasteiger partial charge on any atom is -0.493 e. The number of benzene rings is 1. The molecule has 124 valence electrons. The highest BCUT2D eigenvalue weighted by Crippen LogP contribution is 2.32. The second kappa shape index (κ2) is 7.83. The molecule has 1 aromatic heterocycles. The number of carbonyl (C=O) groups is 1. The number of nitriles is 1. The van der Waals surface area contributed by atoms with E-state index in [1.54, 1.807) is 35.1 Å². The Balaban J connectivity index is 2.44. The highest BCUT2D eigenvalue weighted by Gasteiger charge is 2.17. The predicted molar refractivity (Wildman–Crippen MR) is 94.0 cm³/mol. The maximum absolute atomic E-state index is 10.9. The first-order valence-electron chi connectivity index (χ1n) is 6.83. The van der Waals surface area contributed by atoms with Crippen LogP contribution in [0.15, 0.2) is 30.5 Å². The first-order chi connectivity index (χ1) is 11.5. The van der Waals surface area contributed by atoms with Gasteiger partial charge < -0.3 is 14.6 Å². The van der Waals surface area contributed by atoms with Gasteiger partial charge in [0, 0.05) is 46.4 Å². The third-order valence-corrected chi connectivity index (χ3v) is 4.08. The number of rotatable bonds is 6. The number of anilines is 1. The van der Waals surface area contributed by atoms with Gasteiger partial charge in [-0.3, -0.25) is 4.79 Å². The highest BCUT2D eigenvalue weighted by atomic mass is 127. The minimum absolute atomic E-state index is 0.0877. The molecule has 1 aromatic carbocycles. The Morgan fingerprint density at radius 3 is 2.58 bits per heavy atom. The second-order valence-electron chi connectivity index (χ2n) is 4.78. The summed E-state index contributed by atoms with van der Waals surface area (Å²) in [5.41, 5.74) is 4.62. The molecule has 0 saturated heterocycles. The van der Waals surface area contributed by atoms with E-state index in [9.17, 15) is 10.1 Å². The first kappa shape index (κ1) is 17.8. The van der Waals surface area contributed by atoms with Crippen LogP contribution in [-0.2, 0) is 11.2 Å². The smallest absolute Gasteiger partial charge is 0.308 e. The molecule has 24 heavy (non-hydrogen) atoms. The molecule has 0 atom stereocenters. The lowest BCUT2D eigenvalue weighted by molar-refractivity contribution is -0.656. The van der Waals surface area contributed by atoms with Gasteiger partial charge >= 0.3 is 5.97 Å². The molecule has 0 aliphatic rings. The summed E-state index contributed by atoms with van der Waals surface area (Å²) in [5, 5.41) is 18.3. The van der Waals surface area contributed by atoms with Gasteiger partial charge in [0.15, 0.2) is 11.5 Å². The molecular formula is C16H15IN3O4+. The molecule has 7 nitrogen and oxygen atoms in total.